The summed E-state index contributed by atoms with van der Waals surface area (Å²) in [6, 6.07) is 14.2. The molecule has 0 fully saturated rings. The van der Waals surface area contributed by atoms with E-state index in [0.29, 0.717) is 22.6 Å². The van der Waals surface area contributed by atoms with E-state index in [1.807, 2.05) is 18.2 Å². The number of rotatable bonds is 3. The summed E-state index contributed by atoms with van der Waals surface area (Å²) < 4.78 is 1.77. The SMILES string of the molecule is Cn1c(C(=O)NCc2ccc(Cl)cc2)cc2c(O)cccc21. The topological polar surface area (TPSA) is 54.3 Å². The van der Waals surface area contributed by atoms with Crippen LogP contribution in [0.3, 0.4) is 0 Å². The molecular weight excluding hydrogens is 300 g/mol. The summed E-state index contributed by atoms with van der Waals surface area (Å²) in [4.78, 5) is 12.3. The lowest BCUT2D eigenvalue weighted by Gasteiger charge is -2.07. The average Bonchev–Trinajstić information content (AvgIpc) is 2.85. The second kappa shape index (κ2) is 5.73. The summed E-state index contributed by atoms with van der Waals surface area (Å²) in [5.74, 6) is -0.0158. The Bertz CT molecular complexity index is 838. The second-order valence-electron chi connectivity index (χ2n) is 5.11. The Morgan fingerprint density at radius 3 is 2.64 bits per heavy atom. The standard InChI is InChI=1S/C17H15ClN2O2/c1-20-14-3-2-4-16(21)13(14)9-15(20)17(22)19-10-11-5-7-12(18)8-6-11/h2-9,21H,10H2,1H3,(H,19,22). The molecule has 0 saturated heterocycles. The predicted molar refractivity (Wildman–Crippen MR) is 87.2 cm³/mol. The molecule has 22 heavy (non-hydrogen) atoms. The van der Waals surface area contributed by atoms with Gasteiger partial charge in [0.25, 0.3) is 5.91 Å². The number of phenols is 1. The van der Waals surface area contributed by atoms with Gasteiger partial charge in [0, 0.05) is 24.0 Å². The second-order valence-corrected chi connectivity index (χ2v) is 5.54. The van der Waals surface area contributed by atoms with Crippen LogP contribution in [0.1, 0.15) is 16.1 Å². The van der Waals surface area contributed by atoms with Gasteiger partial charge in [-0.1, -0.05) is 29.8 Å². The van der Waals surface area contributed by atoms with Gasteiger partial charge in [-0.15, -0.1) is 0 Å². The van der Waals surface area contributed by atoms with Gasteiger partial charge in [-0.05, 0) is 35.9 Å². The molecule has 0 atom stereocenters. The van der Waals surface area contributed by atoms with E-state index in [1.54, 1.807) is 41.9 Å². The van der Waals surface area contributed by atoms with E-state index in [0.717, 1.165) is 11.1 Å². The van der Waals surface area contributed by atoms with Crippen molar-refractivity contribution in [1.29, 1.82) is 0 Å². The van der Waals surface area contributed by atoms with Crippen LogP contribution in [0, 0.1) is 0 Å². The Balaban J connectivity index is 1.82. The highest BCUT2D eigenvalue weighted by Crippen LogP contribution is 2.27. The Morgan fingerprint density at radius 2 is 1.95 bits per heavy atom. The van der Waals surface area contributed by atoms with Crippen molar-refractivity contribution >= 4 is 28.4 Å². The zero-order chi connectivity index (χ0) is 15.7. The molecule has 0 aliphatic heterocycles. The fraction of sp³-hybridized carbons (Fsp3) is 0.118. The molecule has 0 unspecified atom stereocenters. The molecule has 4 nitrogen and oxygen atoms in total. The number of hydrogen-bond donors (Lipinski definition) is 2. The van der Waals surface area contributed by atoms with Crippen LogP contribution in [0.2, 0.25) is 5.02 Å². The van der Waals surface area contributed by atoms with Crippen molar-refractivity contribution in [2.75, 3.05) is 0 Å². The smallest absolute Gasteiger partial charge is 0.268 e. The first-order valence-electron chi connectivity index (χ1n) is 6.86. The zero-order valence-corrected chi connectivity index (χ0v) is 12.8. The molecule has 3 rings (SSSR count). The number of benzene rings is 2. The number of nitrogens with zero attached hydrogens (tertiary/aromatic N) is 1. The highest BCUT2D eigenvalue weighted by molar-refractivity contribution is 6.30. The third kappa shape index (κ3) is 2.65. The molecule has 0 spiro atoms. The predicted octanol–water partition coefficient (Wildman–Crippen LogP) is 3.47. The quantitative estimate of drug-likeness (QED) is 0.778. The molecule has 5 heteroatoms. The molecule has 1 aromatic heterocycles. The van der Waals surface area contributed by atoms with E-state index in [4.69, 9.17) is 11.6 Å². The van der Waals surface area contributed by atoms with Gasteiger partial charge in [-0.25, -0.2) is 0 Å². The molecule has 0 aliphatic rings. The minimum atomic E-state index is -0.187. The fourth-order valence-corrected chi connectivity index (χ4v) is 2.56. The van der Waals surface area contributed by atoms with Crippen LogP contribution < -0.4 is 5.32 Å². The lowest BCUT2D eigenvalue weighted by molar-refractivity contribution is 0.0943. The monoisotopic (exact) mass is 314 g/mol. The summed E-state index contributed by atoms with van der Waals surface area (Å²) in [5, 5.41) is 14.1. The van der Waals surface area contributed by atoms with Crippen molar-refractivity contribution in [3.8, 4) is 5.75 Å². The maximum absolute atomic E-state index is 12.3. The van der Waals surface area contributed by atoms with E-state index in [9.17, 15) is 9.90 Å². The molecule has 0 saturated carbocycles. The van der Waals surface area contributed by atoms with E-state index < -0.39 is 0 Å². The maximum atomic E-state index is 12.3. The third-order valence-corrected chi connectivity index (χ3v) is 3.91. The van der Waals surface area contributed by atoms with Gasteiger partial charge in [0.1, 0.15) is 11.4 Å². The fourth-order valence-electron chi connectivity index (χ4n) is 2.44. The Labute approximate surface area is 132 Å². The van der Waals surface area contributed by atoms with Gasteiger partial charge >= 0.3 is 0 Å². The average molecular weight is 315 g/mol. The number of nitrogens with one attached hydrogen (secondary N) is 1. The van der Waals surface area contributed by atoms with Crippen LogP contribution in [0.15, 0.2) is 48.5 Å². The van der Waals surface area contributed by atoms with Gasteiger partial charge < -0.3 is 15.0 Å². The van der Waals surface area contributed by atoms with Crippen LogP contribution in [-0.4, -0.2) is 15.6 Å². The highest BCUT2D eigenvalue weighted by atomic mass is 35.5. The number of aryl methyl sites for hydroxylation is 1. The van der Waals surface area contributed by atoms with E-state index in [2.05, 4.69) is 5.32 Å². The number of amides is 1. The summed E-state index contributed by atoms with van der Waals surface area (Å²) >= 11 is 5.84. The summed E-state index contributed by atoms with van der Waals surface area (Å²) in [6.45, 7) is 0.420. The van der Waals surface area contributed by atoms with Crippen molar-refractivity contribution in [2.24, 2.45) is 7.05 Å². The number of halogens is 1. The Kier molecular flexibility index (Phi) is 3.77. The van der Waals surface area contributed by atoms with Gasteiger partial charge in [0.2, 0.25) is 0 Å². The molecule has 2 aromatic carbocycles. The number of fused-ring (bicyclic) bond motifs is 1. The number of phenolic OH excluding ortho intramolecular Hbond substituents is 1. The summed E-state index contributed by atoms with van der Waals surface area (Å²) in [6.07, 6.45) is 0. The number of hydrogen-bond acceptors (Lipinski definition) is 2. The lowest BCUT2D eigenvalue weighted by atomic mass is 10.2. The molecular formula is C17H15ClN2O2. The highest BCUT2D eigenvalue weighted by Gasteiger charge is 2.14. The van der Waals surface area contributed by atoms with Crippen LogP contribution in [-0.2, 0) is 13.6 Å². The normalized spacial score (nSPS) is 10.8. The number of aromatic hydroxyl groups is 1. The molecule has 0 radical (unpaired) electrons. The molecule has 112 valence electrons. The van der Waals surface area contributed by atoms with Gasteiger partial charge in [-0.3, -0.25) is 4.79 Å². The van der Waals surface area contributed by atoms with E-state index >= 15 is 0 Å². The van der Waals surface area contributed by atoms with E-state index in [-0.39, 0.29) is 11.7 Å². The van der Waals surface area contributed by atoms with Crippen molar-refractivity contribution in [3.05, 3.63) is 64.8 Å². The number of aromatic nitrogens is 1. The molecule has 3 aromatic rings. The summed E-state index contributed by atoms with van der Waals surface area (Å²) in [7, 11) is 1.80. The first kappa shape index (κ1) is 14.5. The maximum Gasteiger partial charge on any atom is 0.268 e. The Morgan fingerprint density at radius 1 is 1.23 bits per heavy atom. The molecule has 1 amide bonds. The number of carbonyl (C=O) groups is 1. The first-order valence-corrected chi connectivity index (χ1v) is 7.24. The molecule has 2 N–H and O–H groups in total. The molecule has 1 heterocycles. The van der Waals surface area contributed by atoms with Crippen LogP contribution in [0.25, 0.3) is 10.9 Å². The number of carbonyl (C=O) groups excluding carboxylic acids is 1. The van der Waals surface area contributed by atoms with Gasteiger partial charge in [0.05, 0.1) is 5.52 Å². The minimum absolute atomic E-state index is 0.171. The third-order valence-electron chi connectivity index (χ3n) is 3.66. The minimum Gasteiger partial charge on any atom is -0.507 e. The van der Waals surface area contributed by atoms with Gasteiger partial charge in [-0.2, -0.15) is 0 Å². The van der Waals surface area contributed by atoms with Crippen molar-refractivity contribution in [2.45, 2.75) is 6.54 Å². The van der Waals surface area contributed by atoms with Crippen molar-refractivity contribution < 1.29 is 9.90 Å². The first-order chi connectivity index (χ1) is 10.6. The van der Waals surface area contributed by atoms with Crippen molar-refractivity contribution in [1.82, 2.24) is 9.88 Å². The lowest BCUT2D eigenvalue weighted by Crippen LogP contribution is -2.24. The largest absolute Gasteiger partial charge is 0.507 e. The Hall–Kier alpha value is -2.46. The van der Waals surface area contributed by atoms with Crippen LogP contribution >= 0.6 is 11.6 Å². The molecule has 0 aliphatic carbocycles. The van der Waals surface area contributed by atoms with Gasteiger partial charge in [0.15, 0.2) is 0 Å². The zero-order valence-electron chi connectivity index (χ0n) is 12.0. The van der Waals surface area contributed by atoms with E-state index in [1.165, 1.54) is 0 Å². The summed E-state index contributed by atoms with van der Waals surface area (Å²) in [5.41, 5.74) is 2.29. The molecule has 0 bridgehead atoms. The van der Waals surface area contributed by atoms with Crippen molar-refractivity contribution in [3.63, 3.8) is 0 Å². The van der Waals surface area contributed by atoms with Crippen LogP contribution in [0.4, 0.5) is 0 Å². The van der Waals surface area contributed by atoms with Crippen LogP contribution in [0.5, 0.6) is 5.75 Å².